The largest absolute Gasteiger partial charge is 0.484 e. The van der Waals surface area contributed by atoms with E-state index < -0.39 is 0 Å². The monoisotopic (exact) mass is 249 g/mol. The molecule has 0 aliphatic carbocycles. The molecule has 0 saturated heterocycles. The highest BCUT2D eigenvalue weighted by molar-refractivity contribution is 5.78. The fourth-order valence-electron chi connectivity index (χ4n) is 1.55. The standard InChI is InChI=1S/C14H19NO3/c1-3-12(4-2)15-14(17)10-18-13-7-5-11(9-16)6-8-13/h5-9,12H,3-4,10H2,1-2H3,(H,15,17). The molecule has 0 radical (unpaired) electrons. The van der Waals surface area contributed by atoms with Crippen LogP contribution in [0, 0.1) is 0 Å². The molecule has 1 aromatic carbocycles. The molecule has 0 spiro atoms. The van der Waals surface area contributed by atoms with Crippen LogP contribution < -0.4 is 10.1 Å². The Labute approximate surface area is 107 Å². The third kappa shape index (κ3) is 4.57. The molecule has 1 aromatic rings. The molecule has 0 bridgehead atoms. The van der Waals surface area contributed by atoms with Crippen LogP contribution in [0.3, 0.4) is 0 Å². The first-order valence-corrected chi connectivity index (χ1v) is 6.17. The van der Waals surface area contributed by atoms with Crippen LogP contribution in [0.4, 0.5) is 0 Å². The van der Waals surface area contributed by atoms with Gasteiger partial charge in [-0.2, -0.15) is 0 Å². The molecule has 4 heteroatoms. The SMILES string of the molecule is CCC(CC)NC(=O)COc1ccc(C=O)cc1. The van der Waals surface area contributed by atoms with E-state index in [2.05, 4.69) is 5.32 Å². The summed E-state index contributed by atoms with van der Waals surface area (Å²) >= 11 is 0. The Morgan fingerprint density at radius 1 is 1.28 bits per heavy atom. The maximum absolute atomic E-state index is 11.6. The van der Waals surface area contributed by atoms with Gasteiger partial charge in [0.05, 0.1) is 0 Å². The highest BCUT2D eigenvalue weighted by Gasteiger charge is 2.08. The number of carbonyl (C=O) groups is 2. The second-order valence-corrected chi connectivity index (χ2v) is 4.06. The van der Waals surface area contributed by atoms with E-state index in [1.54, 1.807) is 24.3 Å². The Morgan fingerprint density at radius 3 is 2.39 bits per heavy atom. The lowest BCUT2D eigenvalue weighted by atomic mass is 10.2. The summed E-state index contributed by atoms with van der Waals surface area (Å²) in [6.07, 6.45) is 2.59. The summed E-state index contributed by atoms with van der Waals surface area (Å²) in [5.74, 6) is 0.462. The van der Waals surface area contributed by atoms with E-state index in [1.807, 2.05) is 13.8 Å². The first-order chi connectivity index (χ1) is 8.69. The molecule has 0 aliphatic heterocycles. The van der Waals surface area contributed by atoms with Crippen LogP contribution in [-0.4, -0.2) is 24.8 Å². The molecule has 1 amide bonds. The molecule has 0 unspecified atom stereocenters. The van der Waals surface area contributed by atoms with Crippen molar-refractivity contribution in [1.82, 2.24) is 5.32 Å². The molecular weight excluding hydrogens is 230 g/mol. The van der Waals surface area contributed by atoms with Gasteiger partial charge in [0.2, 0.25) is 0 Å². The van der Waals surface area contributed by atoms with Gasteiger partial charge in [-0.3, -0.25) is 9.59 Å². The Bertz CT molecular complexity index is 383. The first-order valence-electron chi connectivity index (χ1n) is 6.17. The van der Waals surface area contributed by atoms with Crippen molar-refractivity contribution in [2.45, 2.75) is 32.7 Å². The van der Waals surface area contributed by atoms with Crippen LogP contribution in [0.5, 0.6) is 5.75 Å². The number of hydrogen-bond acceptors (Lipinski definition) is 3. The topological polar surface area (TPSA) is 55.4 Å². The molecule has 1 rings (SSSR count). The van der Waals surface area contributed by atoms with Crippen LogP contribution >= 0.6 is 0 Å². The highest BCUT2D eigenvalue weighted by atomic mass is 16.5. The Morgan fingerprint density at radius 2 is 1.89 bits per heavy atom. The molecule has 98 valence electrons. The van der Waals surface area contributed by atoms with Gasteiger partial charge < -0.3 is 10.1 Å². The van der Waals surface area contributed by atoms with Crippen LogP contribution in [-0.2, 0) is 4.79 Å². The summed E-state index contributed by atoms with van der Waals surface area (Å²) in [4.78, 5) is 22.0. The van der Waals surface area contributed by atoms with Crippen LogP contribution in [0.2, 0.25) is 0 Å². The van der Waals surface area contributed by atoms with Crippen molar-refractivity contribution in [3.63, 3.8) is 0 Å². The van der Waals surface area contributed by atoms with E-state index in [0.29, 0.717) is 11.3 Å². The van der Waals surface area contributed by atoms with E-state index in [9.17, 15) is 9.59 Å². The minimum atomic E-state index is -0.122. The maximum atomic E-state index is 11.6. The van der Waals surface area contributed by atoms with Crippen LogP contribution in [0.1, 0.15) is 37.0 Å². The molecule has 0 heterocycles. The number of hydrogen-bond donors (Lipinski definition) is 1. The van der Waals surface area contributed by atoms with E-state index in [4.69, 9.17) is 4.74 Å². The predicted octanol–water partition coefficient (Wildman–Crippen LogP) is 2.18. The summed E-state index contributed by atoms with van der Waals surface area (Å²) < 4.78 is 5.33. The molecule has 0 saturated carbocycles. The average Bonchev–Trinajstić information content (AvgIpc) is 2.43. The zero-order chi connectivity index (χ0) is 13.4. The number of benzene rings is 1. The third-order valence-electron chi connectivity index (χ3n) is 2.74. The molecule has 1 N–H and O–H groups in total. The van der Waals surface area contributed by atoms with Gasteiger partial charge in [0, 0.05) is 11.6 Å². The van der Waals surface area contributed by atoms with E-state index in [0.717, 1.165) is 19.1 Å². The molecule has 4 nitrogen and oxygen atoms in total. The van der Waals surface area contributed by atoms with Crippen molar-refractivity contribution in [3.8, 4) is 5.75 Å². The number of nitrogens with one attached hydrogen (secondary N) is 1. The van der Waals surface area contributed by atoms with Gasteiger partial charge in [-0.05, 0) is 37.1 Å². The lowest BCUT2D eigenvalue weighted by molar-refractivity contribution is -0.123. The molecule has 0 atom stereocenters. The van der Waals surface area contributed by atoms with Gasteiger partial charge in [0.25, 0.3) is 5.91 Å². The quantitative estimate of drug-likeness (QED) is 0.753. The van der Waals surface area contributed by atoms with Gasteiger partial charge in [-0.1, -0.05) is 13.8 Å². The predicted molar refractivity (Wildman–Crippen MR) is 69.8 cm³/mol. The van der Waals surface area contributed by atoms with Crippen LogP contribution in [0.15, 0.2) is 24.3 Å². The Balaban J connectivity index is 2.39. The maximum Gasteiger partial charge on any atom is 0.258 e. The van der Waals surface area contributed by atoms with E-state index >= 15 is 0 Å². The summed E-state index contributed by atoms with van der Waals surface area (Å²) in [6, 6.07) is 6.86. The van der Waals surface area contributed by atoms with Crippen molar-refractivity contribution < 1.29 is 14.3 Å². The summed E-state index contributed by atoms with van der Waals surface area (Å²) in [7, 11) is 0. The Kier molecular flexibility index (Phi) is 5.91. The van der Waals surface area contributed by atoms with Gasteiger partial charge >= 0.3 is 0 Å². The normalized spacial score (nSPS) is 10.2. The molecule has 0 aromatic heterocycles. The zero-order valence-electron chi connectivity index (χ0n) is 10.8. The number of rotatable bonds is 7. The Hall–Kier alpha value is -1.84. The summed E-state index contributed by atoms with van der Waals surface area (Å²) in [5.41, 5.74) is 0.587. The summed E-state index contributed by atoms with van der Waals surface area (Å²) in [5, 5.41) is 2.89. The number of amides is 1. The number of ether oxygens (including phenoxy) is 1. The first kappa shape index (κ1) is 14.2. The molecular formula is C14H19NO3. The second-order valence-electron chi connectivity index (χ2n) is 4.06. The van der Waals surface area contributed by atoms with Crippen molar-refractivity contribution in [1.29, 1.82) is 0 Å². The van der Waals surface area contributed by atoms with Crippen molar-refractivity contribution in [2.75, 3.05) is 6.61 Å². The smallest absolute Gasteiger partial charge is 0.258 e. The fraction of sp³-hybridized carbons (Fsp3) is 0.429. The zero-order valence-corrected chi connectivity index (χ0v) is 10.8. The third-order valence-corrected chi connectivity index (χ3v) is 2.74. The van der Waals surface area contributed by atoms with Crippen LogP contribution in [0.25, 0.3) is 0 Å². The van der Waals surface area contributed by atoms with Gasteiger partial charge in [0.1, 0.15) is 12.0 Å². The number of aldehydes is 1. The van der Waals surface area contributed by atoms with E-state index in [-0.39, 0.29) is 18.6 Å². The van der Waals surface area contributed by atoms with E-state index in [1.165, 1.54) is 0 Å². The summed E-state index contributed by atoms with van der Waals surface area (Å²) in [6.45, 7) is 4.07. The van der Waals surface area contributed by atoms with Crippen molar-refractivity contribution >= 4 is 12.2 Å². The number of carbonyl (C=O) groups excluding carboxylic acids is 2. The van der Waals surface area contributed by atoms with Gasteiger partial charge in [-0.15, -0.1) is 0 Å². The van der Waals surface area contributed by atoms with Crippen molar-refractivity contribution in [2.24, 2.45) is 0 Å². The molecule has 0 fully saturated rings. The highest BCUT2D eigenvalue weighted by Crippen LogP contribution is 2.10. The van der Waals surface area contributed by atoms with Crippen molar-refractivity contribution in [3.05, 3.63) is 29.8 Å². The fourth-order valence-corrected chi connectivity index (χ4v) is 1.55. The minimum Gasteiger partial charge on any atom is -0.484 e. The average molecular weight is 249 g/mol. The molecule has 18 heavy (non-hydrogen) atoms. The lowest BCUT2D eigenvalue weighted by Crippen LogP contribution is -2.37. The molecule has 0 aliphatic rings. The second kappa shape index (κ2) is 7.48. The lowest BCUT2D eigenvalue weighted by Gasteiger charge is -2.14. The van der Waals surface area contributed by atoms with Gasteiger partial charge in [-0.25, -0.2) is 0 Å². The minimum absolute atomic E-state index is 0.00304. The van der Waals surface area contributed by atoms with Gasteiger partial charge in [0.15, 0.2) is 6.61 Å².